The summed E-state index contributed by atoms with van der Waals surface area (Å²) in [7, 11) is 4.93. The van der Waals surface area contributed by atoms with Crippen LogP contribution in [-0.2, 0) is 0 Å². The molecule has 0 saturated heterocycles. The van der Waals surface area contributed by atoms with Crippen molar-refractivity contribution in [2.45, 2.75) is 0 Å². The minimum Gasteiger partial charge on any atom is -0.497 e. The summed E-state index contributed by atoms with van der Waals surface area (Å²) in [5.41, 5.74) is 2.91. The molecule has 0 N–H and O–H groups in total. The number of hydrogen-bond donors (Lipinski definition) is 0. The third-order valence-electron chi connectivity index (χ3n) is 3.52. The summed E-state index contributed by atoms with van der Waals surface area (Å²) < 4.78 is 16.0. The third-order valence-corrected chi connectivity index (χ3v) is 4.40. The third kappa shape index (κ3) is 3.00. The van der Waals surface area contributed by atoms with Gasteiger partial charge in [0.25, 0.3) is 0 Å². The molecule has 0 spiro atoms. The molecule has 0 radical (unpaired) electrons. The minimum atomic E-state index is 0.700. The van der Waals surface area contributed by atoms with Crippen molar-refractivity contribution in [3.63, 3.8) is 0 Å². The molecule has 23 heavy (non-hydrogen) atoms. The highest BCUT2D eigenvalue weighted by Gasteiger charge is 2.15. The molecule has 0 bridgehead atoms. The van der Waals surface area contributed by atoms with E-state index in [1.807, 2.05) is 47.8 Å². The van der Waals surface area contributed by atoms with E-state index in [4.69, 9.17) is 19.2 Å². The zero-order valence-corrected chi connectivity index (χ0v) is 14.0. The average molecular weight is 327 g/mol. The Kier molecular flexibility index (Phi) is 4.48. The van der Waals surface area contributed by atoms with E-state index in [1.54, 1.807) is 32.7 Å². The van der Waals surface area contributed by atoms with Gasteiger partial charge in [-0.2, -0.15) is 0 Å². The molecule has 0 aliphatic heterocycles. The van der Waals surface area contributed by atoms with Crippen LogP contribution in [0.15, 0.2) is 47.8 Å². The number of rotatable bonds is 5. The van der Waals surface area contributed by atoms with Gasteiger partial charge in [-0.15, -0.1) is 11.3 Å². The van der Waals surface area contributed by atoms with Crippen LogP contribution in [0.1, 0.15) is 0 Å². The molecule has 3 rings (SSSR count). The van der Waals surface area contributed by atoms with Gasteiger partial charge in [0.2, 0.25) is 0 Å². The Morgan fingerprint density at radius 3 is 2.30 bits per heavy atom. The summed E-state index contributed by atoms with van der Waals surface area (Å²) >= 11 is 1.58. The summed E-state index contributed by atoms with van der Waals surface area (Å²) in [6.45, 7) is 0. The fourth-order valence-electron chi connectivity index (χ4n) is 2.35. The van der Waals surface area contributed by atoms with Crippen molar-refractivity contribution < 1.29 is 14.2 Å². The van der Waals surface area contributed by atoms with Crippen molar-refractivity contribution in [2.75, 3.05) is 21.3 Å². The number of hydrogen-bond acceptors (Lipinski definition) is 5. The molecule has 1 aromatic heterocycles. The lowest BCUT2D eigenvalue weighted by Crippen LogP contribution is -1.92. The lowest BCUT2D eigenvalue weighted by Gasteiger charge is -2.10. The lowest BCUT2D eigenvalue weighted by molar-refractivity contribution is 0.356. The molecule has 5 heteroatoms. The van der Waals surface area contributed by atoms with Crippen LogP contribution in [0.4, 0.5) is 0 Å². The van der Waals surface area contributed by atoms with E-state index in [0.29, 0.717) is 11.5 Å². The van der Waals surface area contributed by atoms with Crippen LogP contribution in [0.25, 0.3) is 21.8 Å². The summed E-state index contributed by atoms with van der Waals surface area (Å²) in [4.78, 5) is 4.73. The number of para-hydroxylation sites is 1. The average Bonchev–Trinajstić information content (AvgIpc) is 3.10. The lowest BCUT2D eigenvalue weighted by atomic mass is 10.1. The number of nitrogens with zero attached hydrogens (tertiary/aromatic N) is 1. The highest BCUT2D eigenvalue weighted by atomic mass is 32.1. The highest BCUT2D eigenvalue weighted by Crippen LogP contribution is 2.40. The molecule has 0 unspecified atom stereocenters. The van der Waals surface area contributed by atoms with Gasteiger partial charge in [0, 0.05) is 10.9 Å². The van der Waals surface area contributed by atoms with Crippen LogP contribution in [0.3, 0.4) is 0 Å². The first-order chi connectivity index (χ1) is 11.3. The molecule has 0 saturated carbocycles. The largest absolute Gasteiger partial charge is 0.497 e. The molecule has 0 atom stereocenters. The van der Waals surface area contributed by atoms with Gasteiger partial charge in [0.1, 0.15) is 10.8 Å². The van der Waals surface area contributed by atoms with E-state index in [1.165, 1.54) is 0 Å². The SMILES string of the molecule is COc1ccc(-c2csc(-c3cccc(OC)c3OC)n2)cc1. The molecule has 3 aromatic rings. The van der Waals surface area contributed by atoms with E-state index in [0.717, 1.165) is 27.6 Å². The molecule has 4 nitrogen and oxygen atoms in total. The number of benzene rings is 2. The molecule has 118 valence electrons. The van der Waals surface area contributed by atoms with Crippen molar-refractivity contribution in [1.82, 2.24) is 4.98 Å². The van der Waals surface area contributed by atoms with E-state index in [-0.39, 0.29) is 0 Å². The smallest absolute Gasteiger partial charge is 0.170 e. The Labute approximate surface area is 139 Å². The maximum absolute atomic E-state index is 5.49. The van der Waals surface area contributed by atoms with Gasteiger partial charge in [-0.05, 0) is 36.4 Å². The van der Waals surface area contributed by atoms with Crippen LogP contribution >= 0.6 is 11.3 Å². The summed E-state index contributed by atoms with van der Waals surface area (Å²) in [6, 6.07) is 13.7. The van der Waals surface area contributed by atoms with Crippen molar-refractivity contribution in [3.8, 4) is 39.1 Å². The molecule has 0 aliphatic rings. The Morgan fingerprint density at radius 1 is 0.870 bits per heavy atom. The second-order valence-electron chi connectivity index (χ2n) is 4.81. The predicted molar refractivity (Wildman–Crippen MR) is 92.6 cm³/mol. The van der Waals surface area contributed by atoms with Gasteiger partial charge in [-0.25, -0.2) is 4.98 Å². The molecule has 0 amide bonds. The predicted octanol–water partition coefficient (Wildman–Crippen LogP) is 4.50. The summed E-state index contributed by atoms with van der Waals surface area (Å²) in [5.74, 6) is 2.23. The van der Waals surface area contributed by atoms with Crippen molar-refractivity contribution in [3.05, 3.63) is 47.8 Å². The maximum Gasteiger partial charge on any atom is 0.170 e. The Bertz CT molecular complexity index is 796. The number of ether oxygens (including phenoxy) is 3. The van der Waals surface area contributed by atoms with Gasteiger partial charge >= 0.3 is 0 Å². The van der Waals surface area contributed by atoms with E-state index < -0.39 is 0 Å². The van der Waals surface area contributed by atoms with E-state index in [2.05, 4.69) is 0 Å². The zero-order valence-electron chi connectivity index (χ0n) is 13.2. The molecule has 0 fully saturated rings. The number of methoxy groups -OCH3 is 3. The minimum absolute atomic E-state index is 0.700. The monoisotopic (exact) mass is 327 g/mol. The topological polar surface area (TPSA) is 40.6 Å². The van der Waals surface area contributed by atoms with Crippen molar-refractivity contribution in [1.29, 1.82) is 0 Å². The molecule has 1 heterocycles. The number of thiazole rings is 1. The number of aromatic nitrogens is 1. The van der Waals surface area contributed by atoms with Crippen LogP contribution in [-0.4, -0.2) is 26.3 Å². The van der Waals surface area contributed by atoms with Gasteiger partial charge in [0.15, 0.2) is 11.5 Å². The van der Waals surface area contributed by atoms with Crippen LogP contribution in [0, 0.1) is 0 Å². The molecular formula is C18H17NO3S. The van der Waals surface area contributed by atoms with Crippen molar-refractivity contribution in [2.24, 2.45) is 0 Å². The first kappa shape index (κ1) is 15.4. The van der Waals surface area contributed by atoms with E-state index >= 15 is 0 Å². The molecule has 0 aliphatic carbocycles. The fraction of sp³-hybridized carbons (Fsp3) is 0.167. The van der Waals surface area contributed by atoms with Crippen molar-refractivity contribution >= 4 is 11.3 Å². The van der Waals surface area contributed by atoms with E-state index in [9.17, 15) is 0 Å². The van der Waals surface area contributed by atoms with Gasteiger partial charge in [-0.1, -0.05) is 6.07 Å². The first-order valence-electron chi connectivity index (χ1n) is 7.08. The first-order valence-corrected chi connectivity index (χ1v) is 7.96. The maximum atomic E-state index is 5.49. The standard InChI is InChI=1S/C18H17NO3S/c1-20-13-9-7-12(8-10-13)15-11-23-18(19-15)14-5-4-6-16(21-2)17(14)22-3/h4-11H,1-3H3. The van der Waals surface area contributed by atoms with Crippen LogP contribution in [0.2, 0.25) is 0 Å². The second kappa shape index (κ2) is 6.71. The summed E-state index contributed by atoms with van der Waals surface area (Å²) in [6.07, 6.45) is 0. The highest BCUT2D eigenvalue weighted by molar-refractivity contribution is 7.13. The zero-order chi connectivity index (χ0) is 16.2. The van der Waals surface area contributed by atoms with Gasteiger partial charge < -0.3 is 14.2 Å². The molecule has 2 aromatic carbocycles. The fourth-order valence-corrected chi connectivity index (χ4v) is 3.20. The van der Waals surface area contributed by atoms with Crippen LogP contribution in [0.5, 0.6) is 17.2 Å². The van der Waals surface area contributed by atoms with Gasteiger partial charge in [-0.3, -0.25) is 0 Å². The normalized spacial score (nSPS) is 10.4. The van der Waals surface area contributed by atoms with Crippen LogP contribution < -0.4 is 14.2 Å². The second-order valence-corrected chi connectivity index (χ2v) is 5.67. The Balaban J connectivity index is 1.98. The molecular weight excluding hydrogens is 310 g/mol. The van der Waals surface area contributed by atoms with Gasteiger partial charge in [0.05, 0.1) is 32.6 Å². The quantitative estimate of drug-likeness (QED) is 0.691. The Hall–Kier alpha value is -2.53. The Morgan fingerprint density at radius 2 is 1.65 bits per heavy atom. The summed E-state index contributed by atoms with van der Waals surface area (Å²) in [5, 5.41) is 2.93.